The van der Waals surface area contributed by atoms with Gasteiger partial charge in [-0.05, 0) is 54.0 Å². The first-order chi connectivity index (χ1) is 13.8. The summed E-state index contributed by atoms with van der Waals surface area (Å²) in [4.78, 5) is 32.1. The van der Waals surface area contributed by atoms with Crippen molar-refractivity contribution in [1.29, 1.82) is 0 Å². The number of nitrogens with two attached hydrogens (primary N) is 2. The van der Waals surface area contributed by atoms with Gasteiger partial charge >= 0.3 is 0 Å². The molecule has 0 bridgehead atoms. The molecule has 10 nitrogen and oxygen atoms in total. The highest BCUT2D eigenvalue weighted by Crippen LogP contribution is 2.11. The minimum Gasteiger partial charge on any atom is -0.436 e. The minimum absolute atomic E-state index is 0.184. The van der Waals surface area contributed by atoms with E-state index >= 15 is 0 Å². The molecule has 0 atom stereocenters. The van der Waals surface area contributed by atoms with E-state index < -0.39 is 0 Å². The number of nitrogens with one attached hydrogen (secondary N) is 1. The Balaban J connectivity index is 0.000000170. The van der Waals surface area contributed by atoms with Gasteiger partial charge in [-0.3, -0.25) is 14.2 Å². The van der Waals surface area contributed by atoms with Gasteiger partial charge in [0, 0.05) is 12.4 Å². The van der Waals surface area contributed by atoms with Crippen LogP contribution < -0.4 is 22.6 Å². The number of anilines is 2. The van der Waals surface area contributed by atoms with Crippen LogP contribution in [0.3, 0.4) is 0 Å². The van der Waals surface area contributed by atoms with Crippen molar-refractivity contribution in [3.8, 4) is 5.88 Å². The summed E-state index contributed by atoms with van der Waals surface area (Å²) in [7, 11) is 0. The first kappa shape index (κ1) is 21.7. The Labute approximate surface area is 173 Å². The highest BCUT2D eigenvalue weighted by molar-refractivity contribution is 9.10. The molecule has 0 aromatic carbocycles. The van der Waals surface area contributed by atoms with Gasteiger partial charge in [0.25, 0.3) is 11.1 Å². The summed E-state index contributed by atoms with van der Waals surface area (Å²) in [6.45, 7) is 3.63. The number of halogens is 1. The van der Waals surface area contributed by atoms with E-state index in [1.54, 1.807) is 43.6 Å². The largest absolute Gasteiger partial charge is 0.436 e. The molecule has 4 aromatic heterocycles. The van der Waals surface area contributed by atoms with Crippen LogP contribution in [0.4, 0.5) is 11.4 Å². The maximum Gasteiger partial charge on any atom is 0.280 e. The van der Waals surface area contributed by atoms with Crippen LogP contribution in [0.25, 0.3) is 5.88 Å². The van der Waals surface area contributed by atoms with Gasteiger partial charge in [-0.1, -0.05) is 0 Å². The third-order valence-corrected chi connectivity index (χ3v) is 4.21. The molecule has 0 unspecified atom stereocenters. The third kappa shape index (κ3) is 5.94. The first-order valence-corrected chi connectivity index (χ1v) is 8.97. The molecular weight excluding hydrogens is 444 g/mol. The molecule has 0 saturated heterocycles. The zero-order valence-electron chi connectivity index (χ0n) is 15.6. The Morgan fingerprint density at radius 2 is 1.66 bits per heavy atom. The fraction of sp³-hybridized carbons (Fsp3) is 0.111. The zero-order chi connectivity index (χ0) is 21.4. The van der Waals surface area contributed by atoms with Crippen molar-refractivity contribution < 1.29 is 8.83 Å². The lowest BCUT2D eigenvalue weighted by atomic mass is 10.4. The summed E-state index contributed by atoms with van der Waals surface area (Å²) >= 11 is 3.14. The summed E-state index contributed by atoms with van der Waals surface area (Å²) in [5.41, 5.74) is 12.1. The quantitative estimate of drug-likeness (QED) is 0.388. The van der Waals surface area contributed by atoms with Gasteiger partial charge < -0.3 is 25.3 Å². The first-order valence-electron chi connectivity index (χ1n) is 8.17. The average Bonchev–Trinajstić information content (AvgIpc) is 3.29. The van der Waals surface area contributed by atoms with Gasteiger partial charge in [0.15, 0.2) is 17.5 Å². The number of aromatic nitrogens is 4. The van der Waals surface area contributed by atoms with Crippen LogP contribution in [-0.2, 0) is 0 Å². The predicted octanol–water partition coefficient (Wildman–Crippen LogP) is 2.42. The smallest absolute Gasteiger partial charge is 0.280 e. The molecule has 29 heavy (non-hydrogen) atoms. The lowest BCUT2D eigenvalue weighted by molar-refractivity contribution is 0.526. The SMILES string of the molecule is Cc1ncoc1-n1cccc(N)c1=O.Cc1ncoc1Br.Nc1ccc[nH]c1=O. The molecule has 0 fully saturated rings. The van der Waals surface area contributed by atoms with Crippen LogP contribution >= 0.6 is 15.9 Å². The Morgan fingerprint density at radius 1 is 1.00 bits per heavy atom. The monoisotopic (exact) mass is 462 g/mol. The van der Waals surface area contributed by atoms with E-state index in [4.69, 9.17) is 20.3 Å². The number of rotatable bonds is 1. The van der Waals surface area contributed by atoms with Crippen LogP contribution in [0.2, 0.25) is 0 Å². The summed E-state index contributed by atoms with van der Waals surface area (Å²) in [6.07, 6.45) is 5.82. The van der Waals surface area contributed by atoms with Crippen molar-refractivity contribution in [3.63, 3.8) is 0 Å². The maximum atomic E-state index is 11.6. The number of aryl methyl sites for hydroxylation is 2. The fourth-order valence-electron chi connectivity index (χ4n) is 1.92. The van der Waals surface area contributed by atoms with Gasteiger partial charge in [0.1, 0.15) is 5.69 Å². The molecule has 0 aliphatic heterocycles. The third-order valence-electron chi connectivity index (χ3n) is 3.45. The van der Waals surface area contributed by atoms with E-state index in [1.165, 1.54) is 17.4 Å². The van der Waals surface area contributed by atoms with Gasteiger partial charge in [-0.2, -0.15) is 0 Å². The van der Waals surface area contributed by atoms with Crippen LogP contribution in [0.5, 0.6) is 0 Å². The summed E-state index contributed by atoms with van der Waals surface area (Å²) in [5.74, 6) is 0.405. The fourth-order valence-corrected chi connectivity index (χ4v) is 2.11. The maximum absolute atomic E-state index is 11.6. The topological polar surface area (TPSA) is 159 Å². The molecule has 152 valence electrons. The second-order valence-corrected chi connectivity index (χ2v) is 6.27. The summed E-state index contributed by atoms with van der Waals surface area (Å²) < 4.78 is 11.9. The van der Waals surface area contributed by atoms with Crippen molar-refractivity contribution in [2.75, 3.05) is 11.5 Å². The van der Waals surface area contributed by atoms with Crippen molar-refractivity contribution in [2.45, 2.75) is 13.8 Å². The number of nitrogens with zero attached hydrogens (tertiary/aromatic N) is 3. The molecular formula is C18H19BrN6O4. The molecule has 4 heterocycles. The van der Waals surface area contributed by atoms with E-state index in [2.05, 4.69) is 30.9 Å². The lowest BCUT2D eigenvalue weighted by Crippen LogP contribution is -2.20. The van der Waals surface area contributed by atoms with E-state index in [9.17, 15) is 9.59 Å². The van der Waals surface area contributed by atoms with Gasteiger partial charge in [-0.15, -0.1) is 0 Å². The zero-order valence-corrected chi connectivity index (χ0v) is 17.2. The van der Waals surface area contributed by atoms with Crippen molar-refractivity contribution in [1.82, 2.24) is 19.5 Å². The molecule has 0 spiro atoms. The van der Waals surface area contributed by atoms with E-state index in [1.807, 2.05) is 6.92 Å². The molecule has 5 N–H and O–H groups in total. The highest BCUT2D eigenvalue weighted by atomic mass is 79.9. The van der Waals surface area contributed by atoms with E-state index in [-0.39, 0.29) is 22.5 Å². The highest BCUT2D eigenvalue weighted by Gasteiger charge is 2.08. The molecule has 0 radical (unpaired) electrons. The standard InChI is InChI=1S/C9H9N3O2.C5H6N2O.C4H4BrNO/c1-6-9(14-5-11-6)12-4-2-3-7(10)8(12)13;6-4-2-1-3-7-5(4)8;1-3-4(5)7-2-6-3/h2-5H,10H2,1H3;1-3H,6H2,(H,7,8);2H,1H3. The number of oxazole rings is 2. The molecule has 11 heteroatoms. The van der Waals surface area contributed by atoms with E-state index in [0.29, 0.717) is 16.2 Å². The average molecular weight is 463 g/mol. The van der Waals surface area contributed by atoms with Gasteiger partial charge in [0.2, 0.25) is 5.88 Å². The van der Waals surface area contributed by atoms with Gasteiger partial charge in [0.05, 0.1) is 17.1 Å². The number of H-pyrrole nitrogens is 1. The molecule has 4 rings (SSSR count). The molecule has 4 aromatic rings. The molecule has 0 aliphatic carbocycles. The number of pyridine rings is 2. The number of hydrogen-bond acceptors (Lipinski definition) is 8. The van der Waals surface area contributed by atoms with Crippen LogP contribution in [0, 0.1) is 13.8 Å². The van der Waals surface area contributed by atoms with Crippen LogP contribution in [0.15, 0.2) is 72.5 Å². The Hall–Kier alpha value is -3.60. The van der Waals surface area contributed by atoms with Crippen LogP contribution in [0.1, 0.15) is 11.4 Å². The number of hydrogen-bond donors (Lipinski definition) is 3. The second-order valence-electron chi connectivity index (χ2n) is 5.55. The molecule has 0 amide bonds. The summed E-state index contributed by atoms with van der Waals surface area (Å²) in [5, 5.41) is 0. The van der Waals surface area contributed by atoms with Gasteiger partial charge in [-0.25, -0.2) is 9.97 Å². The Kier molecular flexibility index (Phi) is 7.54. The molecule has 0 saturated carbocycles. The van der Waals surface area contributed by atoms with Crippen molar-refractivity contribution >= 4 is 27.3 Å². The van der Waals surface area contributed by atoms with Crippen molar-refractivity contribution in [3.05, 3.63) is 86.2 Å². The number of aromatic amines is 1. The predicted molar refractivity (Wildman–Crippen MR) is 112 cm³/mol. The molecule has 0 aliphatic rings. The number of nitrogen functional groups attached to an aromatic ring is 2. The normalized spacial score (nSPS) is 9.76. The van der Waals surface area contributed by atoms with Crippen molar-refractivity contribution in [2.24, 2.45) is 0 Å². The Bertz CT molecular complexity index is 1160. The van der Waals surface area contributed by atoms with E-state index in [0.717, 1.165) is 5.69 Å². The second kappa shape index (κ2) is 10.1. The minimum atomic E-state index is -0.299. The summed E-state index contributed by atoms with van der Waals surface area (Å²) in [6, 6.07) is 6.46. The Morgan fingerprint density at radius 3 is 2.10 bits per heavy atom. The lowest BCUT2D eigenvalue weighted by Gasteiger charge is -2.01. The van der Waals surface area contributed by atoms with Crippen LogP contribution in [-0.4, -0.2) is 19.5 Å².